The van der Waals surface area contributed by atoms with Crippen molar-refractivity contribution in [1.82, 2.24) is 5.43 Å². The zero-order valence-electron chi connectivity index (χ0n) is 15.3. The van der Waals surface area contributed by atoms with E-state index in [2.05, 4.69) is 22.7 Å². The Morgan fingerprint density at radius 2 is 1.56 bits per heavy atom. The number of rotatable bonds is 4. The molecule has 1 aliphatic rings. The Morgan fingerprint density at radius 3 is 2.15 bits per heavy atom. The Morgan fingerprint density at radius 1 is 0.963 bits per heavy atom. The molecule has 0 aliphatic heterocycles. The molecule has 0 aromatic heterocycles. The van der Waals surface area contributed by atoms with Gasteiger partial charge in [-0.1, -0.05) is 43.5 Å². The van der Waals surface area contributed by atoms with Crippen LogP contribution in [0.5, 0.6) is 17.2 Å². The fourth-order valence-corrected chi connectivity index (χ4v) is 3.43. The van der Waals surface area contributed by atoms with Crippen LogP contribution in [0, 0.1) is 0 Å². The Bertz CT molecular complexity index is 830. The number of amides is 1. The summed E-state index contributed by atoms with van der Waals surface area (Å²) in [7, 11) is 0. The minimum absolute atomic E-state index is 0.00741. The predicted octanol–water partition coefficient (Wildman–Crippen LogP) is 4.01. The second-order valence-corrected chi connectivity index (χ2v) is 6.96. The summed E-state index contributed by atoms with van der Waals surface area (Å²) in [6.45, 7) is 1.79. The lowest BCUT2D eigenvalue weighted by Crippen LogP contribution is -2.19. The average Bonchev–Trinajstić information content (AvgIpc) is 2.70. The summed E-state index contributed by atoms with van der Waals surface area (Å²) in [6.07, 6.45) is 6.41. The van der Waals surface area contributed by atoms with E-state index in [1.165, 1.54) is 37.7 Å². The molecule has 1 fully saturated rings. The molecular formula is C21H24N2O4. The summed E-state index contributed by atoms with van der Waals surface area (Å²) in [5.74, 6) is -1.76. The van der Waals surface area contributed by atoms with Gasteiger partial charge in [0.05, 0.1) is 5.71 Å². The maximum Gasteiger partial charge on any atom is 0.271 e. The number of hydrogen-bond acceptors (Lipinski definition) is 5. The number of nitrogens with one attached hydrogen (secondary N) is 1. The molecule has 0 bridgehead atoms. The van der Waals surface area contributed by atoms with Gasteiger partial charge < -0.3 is 15.3 Å². The molecular weight excluding hydrogens is 344 g/mol. The van der Waals surface area contributed by atoms with Crippen LogP contribution < -0.4 is 5.43 Å². The van der Waals surface area contributed by atoms with E-state index in [0.717, 1.165) is 17.7 Å². The Labute approximate surface area is 158 Å². The highest BCUT2D eigenvalue weighted by atomic mass is 16.3. The van der Waals surface area contributed by atoms with E-state index in [9.17, 15) is 20.1 Å². The number of hydrazone groups is 1. The zero-order valence-corrected chi connectivity index (χ0v) is 15.3. The van der Waals surface area contributed by atoms with Crippen molar-refractivity contribution < 1.29 is 20.1 Å². The van der Waals surface area contributed by atoms with Crippen LogP contribution >= 0.6 is 0 Å². The molecule has 1 amide bonds. The number of carbonyl (C=O) groups excluding carboxylic acids is 1. The number of aromatic hydroxyl groups is 3. The molecule has 0 spiro atoms. The second kappa shape index (κ2) is 8.12. The van der Waals surface area contributed by atoms with Crippen LogP contribution in [-0.4, -0.2) is 26.9 Å². The van der Waals surface area contributed by atoms with Crippen LogP contribution in [0.15, 0.2) is 41.5 Å². The first-order valence-corrected chi connectivity index (χ1v) is 9.15. The monoisotopic (exact) mass is 368 g/mol. The highest BCUT2D eigenvalue weighted by molar-refractivity contribution is 6.01. The molecule has 0 saturated heterocycles. The third-order valence-electron chi connectivity index (χ3n) is 5.06. The fraction of sp³-hybridized carbons (Fsp3) is 0.333. The van der Waals surface area contributed by atoms with Crippen LogP contribution in [0.2, 0.25) is 0 Å². The van der Waals surface area contributed by atoms with E-state index in [-0.39, 0.29) is 5.56 Å². The second-order valence-electron chi connectivity index (χ2n) is 6.96. The molecule has 1 saturated carbocycles. The largest absolute Gasteiger partial charge is 0.504 e. The van der Waals surface area contributed by atoms with E-state index in [1.807, 2.05) is 12.1 Å². The highest BCUT2D eigenvalue weighted by Crippen LogP contribution is 2.35. The molecule has 4 N–H and O–H groups in total. The van der Waals surface area contributed by atoms with Gasteiger partial charge >= 0.3 is 0 Å². The Hall–Kier alpha value is -3.02. The van der Waals surface area contributed by atoms with Crippen molar-refractivity contribution in [2.24, 2.45) is 5.10 Å². The lowest BCUT2D eigenvalue weighted by molar-refractivity contribution is 0.0954. The highest BCUT2D eigenvalue weighted by Gasteiger charge is 2.16. The lowest BCUT2D eigenvalue weighted by atomic mass is 9.84. The van der Waals surface area contributed by atoms with E-state index in [1.54, 1.807) is 6.92 Å². The van der Waals surface area contributed by atoms with Crippen molar-refractivity contribution >= 4 is 11.6 Å². The maximum atomic E-state index is 12.1. The minimum Gasteiger partial charge on any atom is -0.504 e. The van der Waals surface area contributed by atoms with Gasteiger partial charge in [0.1, 0.15) is 0 Å². The van der Waals surface area contributed by atoms with Crippen LogP contribution in [0.1, 0.15) is 66.4 Å². The van der Waals surface area contributed by atoms with E-state index in [0.29, 0.717) is 11.6 Å². The summed E-state index contributed by atoms with van der Waals surface area (Å²) in [5.41, 5.74) is 5.29. The third kappa shape index (κ3) is 4.39. The van der Waals surface area contributed by atoms with Crippen LogP contribution in [0.3, 0.4) is 0 Å². The van der Waals surface area contributed by atoms with Crippen molar-refractivity contribution in [3.05, 3.63) is 53.1 Å². The topological polar surface area (TPSA) is 102 Å². The van der Waals surface area contributed by atoms with Crippen molar-refractivity contribution in [2.75, 3.05) is 0 Å². The molecule has 3 rings (SSSR count). The third-order valence-corrected chi connectivity index (χ3v) is 5.06. The number of phenols is 3. The van der Waals surface area contributed by atoms with Crippen molar-refractivity contribution in [1.29, 1.82) is 0 Å². The van der Waals surface area contributed by atoms with E-state index >= 15 is 0 Å². The predicted molar refractivity (Wildman–Crippen MR) is 103 cm³/mol. The molecule has 0 unspecified atom stereocenters. The molecule has 2 aromatic rings. The number of nitrogens with zero attached hydrogens (tertiary/aromatic N) is 1. The van der Waals surface area contributed by atoms with Gasteiger partial charge in [-0.15, -0.1) is 0 Å². The van der Waals surface area contributed by atoms with Crippen molar-refractivity contribution in [3.63, 3.8) is 0 Å². The Balaban J connectivity index is 1.67. The standard InChI is InChI=1S/C21H24N2O4/c1-13(14-7-9-16(10-8-14)15-5-3-2-4-6-15)22-23-21(27)17-11-18(24)20(26)19(25)12-17/h7-12,15,24-26H,2-6H2,1H3,(H,23,27)/b22-13+. The molecule has 27 heavy (non-hydrogen) atoms. The first-order chi connectivity index (χ1) is 13.0. The molecule has 6 nitrogen and oxygen atoms in total. The van der Waals surface area contributed by atoms with Crippen LogP contribution in [-0.2, 0) is 0 Å². The van der Waals surface area contributed by atoms with Gasteiger partial charge in [0.15, 0.2) is 17.2 Å². The van der Waals surface area contributed by atoms with Gasteiger partial charge in [-0.25, -0.2) is 5.43 Å². The molecule has 142 valence electrons. The normalized spacial score (nSPS) is 15.5. The molecule has 1 aliphatic carbocycles. The summed E-state index contributed by atoms with van der Waals surface area (Å²) in [4.78, 5) is 12.1. The molecule has 2 aromatic carbocycles. The smallest absolute Gasteiger partial charge is 0.271 e. The van der Waals surface area contributed by atoms with Gasteiger partial charge in [0.2, 0.25) is 0 Å². The van der Waals surface area contributed by atoms with Gasteiger partial charge in [-0.05, 0) is 48.9 Å². The summed E-state index contributed by atoms with van der Waals surface area (Å²) >= 11 is 0. The van der Waals surface area contributed by atoms with E-state index in [4.69, 9.17) is 0 Å². The van der Waals surface area contributed by atoms with Gasteiger partial charge in [0, 0.05) is 5.56 Å². The number of carbonyl (C=O) groups is 1. The van der Waals surface area contributed by atoms with Gasteiger partial charge in [-0.2, -0.15) is 5.10 Å². The average molecular weight is 368 g/mol. The molecule has 6 heteroatoms. The molecule has 0 heterocycles. The fourth-order valence-electron chi connectivity index (χ4n) is 3.43. The van der Waals surface area contributed by atoms with Crippen LogP contribution in [0.25, 0.3) is 0 Å². The summed E-state index contributed by atoms with van der Waals surface area (Å²) in [5, 5.41) is 32.4. The lowest BCUT2D eigenvalue weighted by Gasteiger charge is -2.22. The van der Waals surface area contributed by atoms with E-state index < -0.39 is 23.2 Å². The quantitative estimate of drug-likeness (QED) is 0.372. The molecule has 0 atom stereocenters. The summed E-state index contributed by atoms with van der Waals surface area (Å²) in [6, 6.07) is 10.4. The van der Waals surface area contributed by atoms with Crippen molar-refractivity contribution in [2.45, 2.75) is 44.9 Å². The van der Waals surface area contributed by atoms with Gasteiger partial charge in [0.25, 0.3) is 5.91 Å². The number of phenolic OH excluding ortho intramolecular Hbond substituents is 3. The van der Waals surface area contributed by atoms with Crippen LogP contribution in [0.4, 0.5) is 0 Å². The minimum atomic E-state index is -0.663. The van der Waals surface area contributed by atoms with Crippen molar-refractivity contribution in [3.8, 4) is 17.2 Å². The number of hydrogen-bond donors (Lipinski definition) is 4. The SMILES string of the molecule is C/C(=N\NC(=O)c1cc(O)c(O)c(O)c1)c1ccc(C2CCCCC2)cc1. The first-order valence-electron chi connectivity index (χ1n) is 9.15. The maximum absolute atomic E-state index is 12.1. The van der Waals surface area contributed by atoms with Gasteiger partial charge in [-0.3, -0.25) is 4.79 Å². The Kier molecular flexibility index (Phi) is 5.64. The summed E-state index contributed by atoms with van der Waals surface area (Å²) < 4.78 is 0. The first kappa shape index (κ1) is 18.8. The number of benzene rings is 2. The zero-order chi connectivity index (χ0) is 19.4. The molecule has 0 radical (unpaired) electrons.